The molecule has 5 nitrogen and oxygen atoms in total. The quantitative estimate of drug-likeness (QED) is 0.609. The van der Waals surface area contributed by atoms with Crippen LogP contribution >= 0.6 is 0 Å². The molecule has 1 aromatic rings. The first kappa shape index (κ1) is 13.6. The zero-order valence-electron chi connectivity index (χ0n) is 10.4. The maximum atomic E-state index is 10.8. The van der Waals surface area contributed by atoms with E-state index in [1.807, 2.05) is 13.8 Å². The van der Waals surface area contributed by atoms with E-state index in [0.29, 0.717) is 18.7 Å². The van der Waals surface area contributed by atoms with Crippen molar-refractivity contribution >= 4 is 5.69 Å². The maximum Gasteiger partial charge on any atom is 0.273 e. The number of benzene rings is 1. The lowest BCUT2D eigenvalue weighted by Crippen LogP contribution is -2.42. The Balaban J connectivity index is 2.72. The summed E-state index contributed by atoms with van der Waals surface area (Å²) in [6, 6.07) is 6.74. The molecular formula is C12H18N2O3. The fraction of sp³-hybridized carbons (Fsp3) is 0.500. The molecule has 0 aliphatic rings. The van der Waals surface area contributed by atoms with Gasteiger partial charge >= 0.3 is 0 Å². The molecule has 0 amide bonds. The summed E-state index contributed by atoms with van der Waals surface area (Å²) >= 11 is 0. The first-order valence-electron chi connectivity index (χ1n) is 5.42. The van der Waals surface area contributed by atoms with Crippen LogP contribution in [0.4, 0.5) is 5.69 Å². The van der Waals surface area contributed by atoms with Crippen LogP contribution in [0.15, 0.2) is 24.3 Å². The summed E-state index contributed by atoms with van der Waals surface area (Å²) in [7, 11) is 1.63. The van der Waals surface area contributed by atoms with Crippen LogP contribution in [0.3, 0.4) is 0 Å². The fourth-order valence-electron chi connectivity index (χ4n) is 1.58. The minimum absolute atomic E-state index is 0.146. The van der Waals surface area contributed by atoms with Gasteiger partial charge in [-0.25, -0.2) is 0 Å². The van der Waals surface area contributed by atoms with Crippen LogP contribution in [0.2, 0.25) is 0 Å². The van der Waals surface area contributed by atoms with Crippen molar-refractivity contribution in [2.45, 2.75) is 25.9 Å². The standard InChI is InChI=1S/C12H18N2O3/c1-12(2,9-17-3)13-8-10-6-4-5-7-11(10)14(15)16/h4-7,13H,8-9H2,1-3H3. The van der Waals surface area contributed by atoms with E-state index in [1.165, 1.54) is 6.07 Å². The number of hydrogen-bond acceptors (Lipinski definition) is 4. The van der Waals surface area contributed by atoms with Gasteiger partial charge in [0.2, 0.25) is 0 Å². The van der Waals surface area contributed by atoms with Gasteiger partial charge in [0.15, 0.2) is 0 Å². The second-order valence-corrected chi connectivity index (χ2v) is 4.56. The van der Waals surface area contributed by atoms with Crippen LogP contribution in [-0.2, 0) is 11.3 Å². The third-order valence-corrected chi connectivity index (χ3v) is 2.45. The number of nitro benzene ring substituents is 1. The van der Waals surface area contributed by atoms with Crippen LogP contribution in [0, 0.1) is 10.1 Å². The third kappa shape index (κ3) is 4.13. The van der Waals surface area contributed by atoms with Crippen molar-refractivity contribution in [3.63, 3.8) is 0 Å². The zero-order valence-corrected chi connectivity index (χ0v) is 10.4. The fourth-order valence-corrected chi connectivity index (χ4v) is 1.58. The smallest absolute Gasteiger partial charge is 0.273 e. The average molecular weight is 238 g/mol. The van der Waals surface area contributed by atoms with E-state index < -0.39 is 0 Å². The van der Waals surface area contributed by atoms with Gasteiger partial charge in [0.1, 0.15) is 0 Å². The summed E-state index contributed by atoms with van der Waals surface area (Å²) in [6.07, 6.45) is 0. The minimum Gasteiger partial charge on any atom is -0.383 e. The Morgan fingerprint density at radius 3 is 2.65 bits per heavy atom. The molecule has 0 radical (unpaired) electrons. The third-order valence-electron chi connectivity index (χ3n) is 2.45. The summed E-state index contributed by atoms with van der Waals surface area (Å²) in [4.78, 5) is 10.5. The van der Waals surface area contributed by atoms with E-state index in [2.05, 4.69) is 5.32 Å². The Labute approximate surface area is 101 Å². The lowest BCUT2D eigenvalue weighted by molar-refractivity contribution is -0.385. The lowest BCUT2D eigenvalue weighted by Gasteiger charge is -2.25. The molecule has 94 valence electrons. The molecule has 0 saturated heterocycles. The molecule has 0 aromatic heterocycles. The first-order valence-corrected chi connectivity index (χ1v) is 5.42. The normalized spacial score (nSPS) is 11.5. The van der Waals surface area contributed by atoms with Gasteiger partial charge in [-0.3, -0.25) is 10.1 Å². The summed E-state index contributed by atoms with van der Waals surface area (Å²) in [5.74, 6) is 0. The van der Waals surface area contributed by atoms with Crippen molar-refractivity contribution in [1.82, 2.24) is 5.32 Å². The predicted octanol–water partition coefficient (Wildman–Crippen LogP) is 2.11. The van der Waals surface area contributed by atoms with Gasteiger partial charge < -0.3 is 10.1 Å². The SMILES string of the molecule is COCC(C)(C)NCc1ccccc1[N+](=O)[O-]. The first-order chi connectivity index (χ1) is 7.96. The number of para-hydroxylation sites is 1. The Hall–Kier alpha value is -1.46. The largest absolute Gasteiger partial charge is 0.383 e. The highest BCUT2D eigenvalue weighted by Crippen LogP contribution is 2.18. The number of nitrogens with zero attached hydrogens (tertiary/aromatic N) is 1. The van der Waals surface area contributed by atoms with E-state index in [-0.39, 0.29) is 16.1 Å². The second-order valence-electron chi connectivity index (χ2n) is 4.56. The number of ether oxygens (including phenoxy) is 1. The highest BCUT2D eigenvalue weighted by molar-refractivity contribution is 5.39. The van der Waals surface area contributed by atoms with Crippen molar-refractivity contribution < 1.29 is 9.66 Å². The highest BCUT2D eigenvalue weighted by Gasteiger charge is 2.19. The van der Waals surface area contributed by atoms with Crippen LogP contribution in [-0.4, -0.2) is 24.2 Å². The predicted molar refractivity (Wildman–Crippen MR) is 65.9 cm³/mol. The highest BCUT2D eigenvalue weighted by atomic mass is 16.6. The molecule has 0 fully saturated rings. The van der Waals surface area contributed by atoms with Crippen LogP contribution < -0.4 is 5.32 Å². The average Bonchev–Trinajstić information content (AvgIpc) is 2.27. The van der Waals surface area contributed by atoms with E-state index >= 15 is 0 Å². The molecule has 0 unspecified atom stereocenters. The monoisotopic (exact) mass is 238 g/mol. The molecule has 0 bridgehead atoms. The van der Waals surface area contributed by atoms with E-state index in [9.17, 15) is 10.1 Å². The van der Waals surface area contributed by atoms with E-state index in [1.54, 1.807) is 25.3 Å². The number of hydrogen-bond donors (Lipinski definition) is 1. The summed E-state index contributed by atoms with van der Waals surface area (Å²) in [5, 5.41) is 14.1. The Morgan fingerprint density at radius 1 is 1.41 bits per heavy atom. The molecule has 0 aliphatic heterocycles. The summed E-state index contributed by atoms with van der Waals surface area (Å²) in [5.41, 5.74) is 0.619. The number of methoxy groups -OCH3 is 1. The van der Waals surface area contributed by atoms with Gasteiger partial charge in [-0.1, -0.05) is 18.2 Å². The number of rotatable bonds is 6. The van der Waals surface area contributed by atoms with Gasteiger partial charge in [-0.15, -0.1) is 0 Å². The van der Waals surface area contributed by atoms with Gasteiger partial charge in [-0.05, 0) is 13.8 Å². The Kier molecular flexibility index (Phi) is 4.60. The molecule has 0 saturated carbocycles. The second kappa shape index (κ2) is 5.75. The van der Waals surface area contributed by atoms with Crippen molar-refractivity contribution in [1.29, 1.82) is 0 Å². The van der Waals surface area contributed by atoms with Crippen LogP contribution in [0.25, 0.3) is 0 Å². The topological polar surface area (TPSA) is 64.4 Å². The van der Waals surface area contributed by atoms with Crippen LogP contribution in [0.1, 0.15) is 19.4 Å². The van der Waals surface area contributed by atoms with E-state index in [4.69, 9.17) is 4.74 Å². The molecule has 5 heteroatoms. The lowest BCUT2D eigenvalue weighted by atomic mass is 10.1. The molecule has 17 heavy (non-hydrogen) atoms. The van der Waals surface area contributed by atoms with Crippen molar-refractivity contribution in [3.05, 3.63) is 39.9 Å². The van der Waals surface area contributed by atoms with Crippen molar-refractivity contribution in [2.75, 3.05) is 13.7 Å². The maximum absolute atomic E-state index is 10.8. The van der Waals surface area contributed by atoms with Gasteiger partial charge in [0.05, 0.1) is 11.5 Å². The Bertz CT molecular complexity index is 391. The van der Waals surface area contributed by atoms with Gasteiger partial charge in [-0.2, -0.15) is 0 Å². The minimum atomic E-state index is -0.361. The summed E-state index contributed by atoms with van der Waals surface area (Å²) in [6.45, 7) is 4.98. The molecule has 1 aromatic carbocycles. The Morgan fingerprint density at radius 2 is 2.06 bits per heavy atom. The molecule has 1 N–H and O–H groups in total. The molecule has 0 spiro atoms. The van der Waals surface area contributed by atoms with Gasteiger partial charge in [0, 0.05) is 30.8 Å². The van der Waals surface area contributed by atoms with Crippen LogP contribution in [0.5, 0.6) is 0 Å². The molecular weight excluding hydrogens is 220 g/mol. The number of nitro groups is 1. The number of nitrogens with one attached hydrogen (secondary N) is 1. The molecule has 0 heterocycles. The van der Waals surface area contributed by atoms with E-state index in [0.717, 1.165) is 0 Å². The molecule has 0 aliphatic carbocycles. The zero-order chi connectivity index (χ0) is 12.9. The summed E-state index contributed by atoms with van der Waals surface area (Å²) < 4.78 is 5.08. The van der Waals surface area contributed by atoms with Crippen molar-refractivity contribution in [3.8, 4) is 0 Å². The van der Waals surface area contributed by atoms with Crippen molar-refractivity contribution in [2.24, 2.45) is 0 Å². The van der Waals surface area contributed by atoms with Gasteiger partial charge in [0.25, 0.3) is 5.69 Å². The molecule has 1 rings (SSSR count). The molecule has 0 atom stereocenters.